The smallest absolute Gasteiger partial charge is 0.0714 e. The molecule has 3 aliphatic carbocycles. The molecule has 0 heterocycles. The van der Waals surface area contributed by atoms with Gasteiger partial charge in [-0.25, -0.2) is 0 Å². The van der Waals surface area contributed by atoms with Crippen molar-refractivity contribution < 1.29 is 0 Å². The van der Waals surface area contributed by atoms with Gasteiger partial charge in [-0.2, -0.15) is 0 Å². The van der Waals surface area contributed by atoms with Gasteiger partial charge in [0.25, 0.3) is 0 Å². The van der Waals surface area contributed by atoms with Crippen molar-refractivity contribution in [3.63, 3.8) is 0 Å². The molecule has 0 spiro atoms. The van der Waals surface area contributed by atoms with Gasteiger partial charge in [0.2, 0.25) is 0 Å². The Kier molecular flexibility index (Phi) is 9.42. The Balaban J connectivity index is 1.14. The summed E-state index contributed by atoms with van der Waals surface area (Å²) in [6, 6.07) is 83.8. The van der Waals surface area contributed by atoms with Gasteiger partial charge in [0, 0.05) is 22.5 Å². The molecule has 67 heavy (non-hydrogen) atoms. The van der Waals surface area contributed by atoms with Crippen molar-refractivity contribution in [3.05, 3.63) is 310 Å². The van der Waals surface area contributed by atoms with Gasteiger partial charge < -0.3 is 4.90 Å². The van der Waals surface area contributed by atoms with Crippen molar-refractivity contribution in [1.82, 2.24) is 0 Å². The second kappa shape index (κ2) is 15.6. The van der Waals surface area contributed by atoms with Crippen LogP contribution in [0.3, 0.4) is 0 Å². The van der Waals surface area contributed by atoms with Gasteiger partial charge in [0.15, 0.2) is 0 Å². The molecule has 9 aromatic carbocycles. The zero-order chi connectivity index (χ0) is 45.3. The molecule has 320 valence electrons. The zero-order valence-corrected chi connectivity index (χ0v) is 38.2. The van der Waals surface area contributed by atoms with Gasteiger partial charge >= 0.3 is 0 Å². The normalized spacial score (nSPS) is 15.4. The van der Waals surface area contributed by atoms with E-state index in [4.69, 9.17) is 0 Å². The lowest BCUT2D eigenvalue weighted by atomic mass is 9.66. The highest BCUT2D eigenvalue weighted by atomic mass is 15.1. The first-order valence-electron chi connectivity index (χ1n) is 23.6. The number of hydrogen-bond acceptors (Lipinski definition) is 1. The van der Waals surface area contributed by atoms with E-state index in [1.165, 1.54) is 83.5 Å². The van der Waals surface area contributed by atoms with Crippen molar-refractivity contribution in [3.8, 4) is 22.3 Å². The molecular weight excluding hydrogens is 807 g/mol. The molecular formula is C66H51N. The van der Waals surface area contributed by atoms with E-state index in [1.54, 1.807) is 0 Å². The maximum absolute atomic E-state index is 4.45. The number of benzene rings is 9. The fraction of sp³-hybridized carbons (Fsp3) is 0.0909. The van der Waals surface area contributed by atoms with E-state index < -0.39 is 10.8 Å². The van der Waals surface area contributed by atoms with Crippen LogP contribution in [0, 0.1) is 0 Å². The first-order chi connectivity index (χ1) is 32.9. The first kappa shape index (κ1) is 40.5. The highest BCUT2D eigenvalue weighted by molar-refractivity contribution is 5.95. The summed E-state index contributed by atoms with van der Waals surface area (Å²) in [5.41, 5.74) is 22.3. The number of allylic oxidation sites excluding steroid dienone is 5. The topological polar surface area (TPSA) is 3.24 Å². The Morgan fingerprint density at radius 3 is 1.34 bits per heavy atom. The van der Waals surface area contributed by atoms with Crippen LogP contribution in [0.2, 0.25) is 0 Å². The molecule has 1 nitrogen and oxygen atoms in total. The quantitative estimate of drug-likeness (QED) is 0.140. The maximum Gasteiger partial charge on any atom is 0.0714 e. The summed E-state index contributed by atoms with van der Waals surface area (Å²) >= 11 is 0. The average Bonchev–Trinajstić information content (AvgIpc) is 3.93. The number of nitrogens with zero attached hydrogens (tertiary/aromatic N) is 1. The summed E-state index contributed by atoms with van der Waals surface area (Å²) < 4.78 is 0. The average molecular weight is 858 g/mol. The maximum atomic E-state index is 4.45. The van der Waals surface area contributed by atoms with Crippen LogP contribution >= 0.6 is 0 Å². The molecule has 0 unspecified atom stereocenters. The molecule has 0 saturated heterocycles. The summed E-state index contributed by atoms with van der Waals surface area (Å²) in [6.07, 6.45) is 6.54. The van der Waals surface area contributed by atoms with Crippen molar-refractivity contribution in [2.24, 2.45) is 0 Å². The molecule has 3 aliphatic rings. The summed E-state index contributed by atoms with van der Waals surface area (Å²) in [4.78, 5) is 2.51. The van der Waals surface area contributed by atoms with Gasteiger partial charge in [-0.1, -0.05) is 227 Å². The minimum Gasteiger partial charge on any atom is -0.310 e. The SMILES string of the molecule is C=CC1=C(/C=C\C)C(c2ccccc2)(c2ccccc2)c2cc(N(c3ccc4c(c3)-c3ccccc3C4(c3ccccc3)c3ccccc3)c3ccc4c(c3)C(C)(C)c3ccccc3-4)ccc21. The fourth-order valence-electron chi connectivity index (χ4n) is 12.3. The van der Waals surface area contributed by atoms with Crippen molar-refractivity contribution in [2.45, 2.75) is 37.0 Å². The van der Waals surface area contributed by atoms with Crippen LogP contribution in [0.1, 0.15) is 76.4 Å². The molecule has 0 atom stereocenters. The van der Waals surface area contributed by atoms with E-state index in [-0.39, 0.29) is 5.41 Å². The molecule has 0 aliphatic heterocycles. The standard InChI is InChI=1S/C66H51N/c1-5-23-59-52(6-2)55-39-36-51(44-63(55)66(59,47-28-15-9-16-29-47)48-30-17-10-18-31-48)67(50-37-40-56-53-32-19-21-34-58(53)64(3,4)62(56)43-50)49-38-41-61-57(42-49)54-33-20-22-35-60(54)65(61,45-24-11-7-12-25-45)46-26-13-8-14-27-46/h5-44H,2H2,1,3-4H3/b23-5-. The number of fused-ring (bicyclic) bond motifs is 7. The lowest BCUT2D eigenvalue weighted by molar-refractivity contribution is 0.660. The summed E-state index contributed by atoms with van der Waals surface area (Å²) in [7, 11) is 0. The minimum absolute atomic E-state index is 0.173. The van der Waals surface area contributed by atoms with E-state index >= 15 is 0 Å². The third kappa shape index (κ3) is 5.74. The Morgan fingerprint density at radius 2 is 0.791 bits per heavy atom. The van der Waals surface area contributed by atoms with Crippen LogP contribution < -0.4 is 4.90 Å². The lowest BCUT2D eigenvalue weighted by Crippen LogP contribution is -2.29. The van der Waals surface area contributed by atoms with Gasteiger partial charge in [-0.15, -0.1) is 0 Å². The monoisotopic (exact) mass is 857 g/mol. The Labute approximate surface area is 395 Å². The molecule has 9 aromatic rings. The Morgan fingerprint density at radius 1 is 0.373 bits per heavy atom. The Bertz CT molecular complexity index is 3370. The molecule has 0 saturated carbocycles. The van der Waals surface area contributed by atoms with Crippen LogP contribution in [0.25, 0.3) is 27.8 Å². The molecule has 0 radical (unpaired) electrons. The molecule has 1 heteroatoms. The third-order valence-corrected chi connectivity index (χ3v) is 15.1. The van der Waals surface area contributed by atoms with E-state index in [0.29, 0.717) is 0 Å². The predicted molar refractivity (Wildman–Crippen MR) is 281 cm³/mol. The highest BCUT2D eigenvalue weighted by Gasteiger charge is 2.48. The van der Waals surface area contributed by atoms with Crippen molar-refractivity contribution >= 4 is 22.6 Å². The van der Waals surface area contributed by atoms with Crippen molar-refractivity contribution in [1.29, 1.82) is 0 Å². The fourth-order valence-corrected chi connectivity index (χ4v) is 12.3. The molecule has 12 rings (SSSR count). The number of anilines is 3. The number of rotatable bonds is 9. The predicted octanol–water partition coefficient (Wildman–Crippen LogP) is 16.7. The summed E-state index contributed by atoms with van der Waals surface area (Å²) in [5.74, 6) is 0. The molecule has 0 bridgehead atoms. The third-order valence-electron chi connectivity index (χ3n) is 15.1. The second-order valence-electron chi connectivity index (χ2n) is 18.7. The van der Waals surface area contributed by atoms with Gasteiger partial charge in [-0.3, -0.25) is 0 Å². The van der Waals surface area contributed by atoms with Gasteiger partial charge in [0.1, 0.15) is 0 Å². The Hall–Kier alpha value is -8.00. The van der Waals surface area contributed by atoms with Gasteiger partial charge in [-0.05, 0) is 132 Å². The zero-order valence-electron chi connectivity index (χ0n) is 38.2. The summed E-state index contributed by atoms with van der Waals surface area (Å²) in [6.45, 7) is 11.3. The van der Waals surface area contributed by atoms with Crippen LogP contribution in [-0.4, -0.2) is 0 Å². The van der Waals surface area contributed by atoms with E-state index in [1.807, 2.05) is 0 Å². The van der Waals surface area contributed by atoms with Crippen LogP contribution in [-0.2, 0) is 16.2 Å². The van der Waals surface area contributed by atoms with E-state index in [2.05, 4.69) is 275 Å². The largest absolute Gasteiger partial charge is 0.310 e. The molecule has 0 aromatic heterocycles. The van der Waals surface area contributed by atoms with E-state index in [0.717, 1.165) is 22.6 Å². The van der Waals surface area contributed by atoms with E-state index in [9.17, 15) is 0 Å². The van der Waals surface area contributed by atoms with Crippen LogP contribution in [0.4, 0.5) is 17.1 Å². The molecule has 0 amide bonds. The second-order valence-corrected chi connectivity index (χ2v) is 18.7. The summed E-state index contributed by atoms with van der Waals surface area (Å²) in [5, 5.41) is 0. The first-order valence-corrected chi connectivity index (χ1v) is 23.6. The highest BCUT2D eigenvalue weighted by Crippen LogP contribution is 2.60. The number of hydrogen-bond donors (Lipinski definition) is 0. The molecule has 0 N–H and O–H groups in total. The van der Waals surface area contributed by atoms with Crippen LogP contribution in [0.5, 0.6) is 0 Å². The van der Waals surface area contributed by atoms with Crippen molar-refractivity contribution in [2.75, 3.05) is 4.90 Å². The van der Waals surface area contributed by atoms with Crippen LogP contribution in [0.15, 0.2) is 255 Å². The lowest BCUT2D eigenvalue weighted by Gasteiger charge is -2.36. The van der Waals surface area contributed by atoms with Gasteiger partial charge in [0.05, 0.1) is 10.8 Å². The minimum atomic E-state index is -0.598. The molecule has 0 fully saturated rings.